The third kappa shape index (κ3) is 3.75. The Morgan fingerprint density at radius 3 is 2.50 bits per heavy atom. The fraction of sp³-hybridized carbons (Fsp3) is 0.364. The molecule has 0 N–H and O–H groups in total. The third-order valence-corrected chi connectivity index (χ3v) is 7.97. The molecule has 30 heavy (non-hydrogen) atoms. The smallest absolute Gasteiger partial charge is 0.268 e. The predicted molar refractivity (Wildman–Crippen MR) is 116 cm³/mol. The maximum Gasteiger partial charge on any atom is 0.268 e. The van der Waals surface area contributed by atoms with Gasteiger partial charge in [0.2, 0.25) is 0 Å². The number of halogens is 3. The standard InChI is InChI=1S/C22H22BrF2NO3S/c1-29-21-10-8-16(12-18(21)14-5-3-2-4-6-14)30(27,28)26-13-19(22(24)25)17-9-7-15(23)11-20(17)26/h7-14,22H,2-6H2,1H3. The van der Waals surface area contributed by atoms with E-state index in [4.69, 9.17) is 4.74 Å². The lowest BCUT2D eigenvalue weighted by Crippen LogP contribution is -2.14. The van der Waals surface area contributed by atoms with E-state index in [-0.39, 0.29) is 27.3 Å². The Morgan fingerprint density at radius 1 is 1.10 bits per heavy atom. The molecule has 3 aromatic rings. The van der Waals surface area contributed by atoms with Crippen LogP contribution >= 0.6 is 15.9 Å². The van der Waals surface area contributed by atoms with E-state index in [1.807, 2.05) is 0 Å². The number of ether oxygens (including phenoxy) is 1. The van der Waals surface area contributed by atoms with Gasteiger partial charge in [0.25, 0.3) is 16.4 Å². The van der Waals surface area contributed by atoms with Crippen LogP contribution in [0.25, 0.3) is 10.9 Å². The third-order valence-electron chi connectivity index (χ3n) is 5.80. The first-order valence-corrected chi connectivity index (χ1v) is 12.1. The number of fused-ring (bicyclic) bond motifs is 1. The summed E-state index contributed by atoms with van der Waals surface area (Å²) < 4.78 is 61.2. The second-order valence-corrected chi connectivity index (χ2v) is 10.3. The number of alkyl halides is 2. The normalized spacial score (nSPS) is 15.8. The summed E-state index contributed by atoms with van der Waals surface area (Å²) in [4.78, 5) is 0.0709. The van der Waals surface area contributed by atoms with Crippen LogP contribution in [0.4, 0.5) is 8.78 Å². The number of nitrogens with zero attached hydrogens (tertiary/aromatic N) is 1. The molecule has 1 aliphatic carbocycles. The first-order valence-electron chi connectivity index (χ1n) is 9.85. The van der Waals surface area contributed by atoms with Crippen LogP contribution in [0.3, 0.4) is 0 Å². The molecule has 160 valence electrons. The van der Waals surface area contributed by atoms with Gasteiger partial charge in [0, 0.05) is 21.6 Å². The second kappa shape index (κ2) is 8.30. The molecule has 0 amide bonds. The van der Waals surface area contributed by atoms with Crippen molar-refractivity contribution < 1.29 is 21.9 Å². The zero-order chi connectivity index (χ0) is 21.5. The number of hydrogen-bond donors (Lipinski definition) is 0. The number of hydrogen-bond acceptors (Lipinski definition) is 3. The van der Waals surface area contributed by atoms with Crippen LogP contribution in [0.2, 0.25) is 0 Å². The van der Waals surface area contributed by atoms with E-state index in [0.717, 1.165) is 41.4 Å². The van der Waals surface area contributed by atoms with Crippen molar-refractivity contribution in [2.45, 2.75) is 49.3 Å². The average molecular weight is 498 g/mol. The van der Waals surface area contributed by atoms with Gasteiger partial charge in [-0.25, -0.2) is 21.2 Å². The van der Waals surface area contributed by atoms with Gasteiger partial charge in [0.05, 0.1) is 17.5 Å². The summed E-state index contributed by atoms with van der Waals surface area (Å²) in [5.41, 5.74) is 0.779. The van der Waals surface area contributed by atoms with Crippen molar-refractivity contribution in [1.82, 2.24) is 3.97 Å². The van der Waals surface area contributed by atoms with Crippen LogP contribution in [0.15, 0.2) is 52.0 Å². The fourth-order valence-corrected chi connectivity index (χ4v) is 6.04. The number of aromatic nitrogens is 1. The van der Waals surface area contributed by atoms with Crippen molar-refractivity contribution in [2.75, 3.05) is 7.11 Å². The van der Waals surface area contributed by atoms with E-state index in [0.29, 0.717) is 10.2 Å². The molecule has 4 rings (SSSR count). The number of rotatable bonds is 5. The van der Waals surface area contributed by atoms with Gasteiger partial charge < -0.3 is 4.74 Å². The highest BCUT2D eigenvalue weighted by Crippen LogP contribution is 2.39. The Kier molecular flexibility index (Phi) is 5.90. The Balaban J connectivity index is 1.87. The van der Waals surface area contributed by atoms with E-state index >= 15 is 0 Å². The Bertz CT molecular complexity index is 1180. The summed E-state index contributed by atoms with van der Waals surface area (Å²) in [6, 6.07) is 9.47. The molecule has 2 aromatic carbocycles. The van der Waals surface area contributed by atoms with Gasteiger partial charge in [-0.3, -0.25) is 0 Å². The molecule has 8 heteroatoms. The van der Waals surface area contributed by atoms with Crippen molar-refractivity contribution in [1.29, 1.82) is 0 Å². The van der Waals surface area contributed by atoms with Crippen LogP contribution < -0.4 is 4.74 Å². The molecule has 1 saturated carbocycles. The van der Waals surface area contributed by atoms with Crippen molar-refractivity contribution in [2.24, 2.45) is 0 Å². The molecule has 0 bridgehead atoms. The highest BCUT2D eigenvalue weighted by molar-refractivity contribution is 9.10. The fourth-order valence-electron chi connectivity index (χ4n) is 4.29. The van der Waals surface area contributed by atoms with Crippen molar-refractivity contribution in [3.05, 3.63) is 58.2 Å². The summed E-state index contributed by atoms with van der Waals surface area (Å²) in [5.74, 6) is 0.894. The van der Waals surface area contributed by atoms with Crippen LogP contribution in [0.1, 0.15) is 55.6 Å². The summed E-state index contributed by atoms with van der Waals surface area (Å²) in [5, 5.41) is 0.220. The Hall–Kier alpha value is -1.93. The Labute approximate surface area is 183 Å². The molecule has 1 fully saturated rings. The van der Waals surface area contributed by atoms with E-state index < -0.39 is 16.4 Å². The SMILES string of the molecule is COc1ccc(S(=O)(=O)n2cc(C(F)F)c3ccc(Br)cc32)cc1C1CCCCC1. The molecule has 0 spiro atoms. The maximum atomic E-state index is 13.6. The van der Waals surface area contributed by atoms with Crippen molar-refractivity contribution >= 4 is 36.9 Å². The maximum absolute atomic E-state index is 13.6. The zero-order valence-corrected chi connectivity index (χ0v) is 18.8. The minimum Gasteiger partial charge on any atom is -0.496 e. The van der Waals surface area contributed by atoms with Crippen molar-refractivity contribution in [3.8, 4) is 5.75 Å². The second-order valence-electron chi connectivity index (χ2n) is 7.59. The van der Waals surface area contributed by atoms with Gasteiger partial charge in [0.1, 0.15) is 5.75 Å². The quantitative estimate of drug-likeness (QED) is 0.397. The highest BCUT2D eigenvalue weighted by atomic mass is 79.9. The summed E-state index contributed by atoms with van der Waals surface area (Å²) in [6.07, 6.45) is 3.58. The Morgan fingerprint density at radius 2 is 1.83 bits per heavy atom. The lowest BCUT2D eigenvalue weighted by molar-refractivity contribution is 0.153. The zero-order valence-electron chi connectivity index (χ0n) is 16.4. The van der Waals surface area contributed by atoms with Crippen LogP contribution in [-0.2, 0) is 10.0 Å². The van der Waals surface area contributed by atoms with Gasteiger partial charge in [-0.05, 0) is 54.7 Å². The number of methoxy groups -OCH3 is 1. The van der Waals surface area contributed by atoms with Gasteiger partial charge >= 0.3 is 0 Å². The monoisotopic (exact) mass is 497 g/mol. The van der Waals surface area contributed by atoms with E-state index in [2.05, 4.69) is 15.9 Å². The number of benzene rings is 2. The molecule has 4 nitrogen and oxygen atoms in total. The van der Waals surface area contributed by atoms with Crippen LogP contribution in [-0.4, -0.2) is 19.5 Å². The van der Waals surface area contributed by atoms with Crippen molar-refractivity contribution in [3.63, 3.8) is 0 Å². The van der Waals surface area contributed by atoms with Gasteiger partial charge in [-0.2, -0.15) is 0 Å². The molecule has 1 heterocycles. The summed E-state index contributed by atoms with van der Waals surface area (Å²) >= 11 is 3.31. The molecular weight excluding hydrogens is 476 g/mol. The molecule has 0 aliphatic heterocycles. The lowest BCUT2D eigenvalue weighted by Gasteiger charge is -2.24. The summed E-state index contributed by atoms with van der Waals surface area (Å²) in [7, 11) is -2.50. The minimum atomic E-state index is -4.07. The predicted octanol–water partition coefficient (Wildman–Crippen LogP) is 6.63. The van der Waals surface area contributed by atoms with Gasteiger partial charge in [0.15, 0.2) is 0 Å². The van der Waals surface area contributed by atoms with E-state index in [1.165, 1.54) is 18.6 Å². The van der Waals surface area contributed by atoms with Crippen LogP contribution in [0, 0.1) is 0 Å². The van der Waals surface area contributed by atoms with Gasteiger partial charge in [-0.15, -0.1) is 0 Å². The molecular formula is C22H22BrF2NO3S. The first kappa shape index (κ1) is 21.3. The highest BCUT2D eigenvalue weighted by Gasteiger charge is 2.27. The lowest BCUT2D eigenvalue weighted by atomic mass is 9.84. The van der Waals surface area contributed by atoms with E-state index in [1.54, 1.807) is 31.4 Å². The van der Waals surface area contributed by atoms with Crippen LogP contribution in [0.5, 0.6) is 5.75 Å². The molecule has 1 aromatic heterocycles. The topological polar surface area (TPSA) is 48.3 Å². The molecule has 0 atom stereocenters. The van der Waals surface area contributed by atoms with E-state index in [9.17, 15) is 17.2 Å². The molecule has 0 saturated heterocycles. The molecule has 0 radical (unpaired) electrons. The first-order chi connectivity index (χ1) is 14.3. The molecule has 0 unspecified atom stereocenters. The summed E-state index contributed by atoms with van der Waals surface area (Å²) in [6.45, 7) is 0. The average Bonchev–Trinajstić information content (AvgIpc) is 3.13. The van der Waals surface area contributed by atoms with Gasteiger partial charge in [-0.1, -0.05) is 41.3 Å². The largest absolute Gasteiger partial charge is 0.496 e. The minimum absolute atomic E-state index is 0.0709. The molecule has 1 aliphatic rings.